The third-order valence-corrected chi connectivity index (χ3v) is 7.76. The van der Waals surface area contributed by atoms with Gasteiger partial charge in [0.1, 0.15) is 0 Å². The van der Waals surface area contributed by atoms with Crippen molar-refractivity contribution in [1.29, 1.82) is 0 Å². The van der Waals surface area contributed by atoms with Gasteiger partial charge in [0.15, 0.2) is 0 Å². The fraction of sp³-hybridized carbons (Fsp3) is 0.406. The van der Waals surface area contributed by atoms with Crippen molar-refractivity contribution < 1.29 is 51.0 Å². The number of rotatable bonds is 2. The van der Waals surface area contributed by atoms with E-state index in [0.29, 0.717) is 0 Å². The summed E-state index contributed by atoms with van der Waals surface area (Å²) < 4.78 is 0. The molecule has 3 aromatic rings. The normalized spacial score (nSPS) is 18.1. The van der Waals surface area contributed by atoms with Crippen LogP contribution in [0.4, 0.5) is 0 Å². The molecule has 3 aromatic carbocycles. The fourth-order valence-electron chi connectivity index (χ4n) is 6.18. The van der Waals surface area contributed by atoms with Gasteiger partial charge in [-0.05, 0) is 0 Å². The van der Waals surface area contributed by atoms with Crippen molar-refractivity contribution in [3.8, 4) is 0 Å². The van der Waals surface area contributed by atoms with Crippen molar-refractivity contribution >= 4 is 21.5 Å². The Hall–Kier alpha value is -1.01. The van der Waals surface area contributed by atoms with Crippen molar-refractivity contribution in [3.05, 3.63) is 89.5 Å². The van der Waals surface area contributed by atoms with Gasteiger partial charge in [-0.3, -0.25) is 0 Å². The summed E-state index contributed by atoms with van der Waals surface area (Å²) >= 11 is 0. The molecular weight excluding hydrogens is 546 g/mol. The number of hydrogen-bond donors (Lipinski definition) is 0. The number of hydrogen-bond acceptors (Lipinski definition) is 0. The van der Waals surface area contributed by atoms with E-state index in [9.17, 15) is 0 Å². The van der Waals surface area contributed by atoms with Crippen LogP contribution >= 0.6 is 0 Å². The first-order chi connectivity index (χ1) is 15.8. The van der Waals surface area contributed by atoms with Gasteiger partial charge in [0.25, 0.3) is 0 Å². The van der Waals surface area contributed by atoms with E-state index in [1.165, 1.54) is 96.9 Å². The van der Waals surface area contributed by atoms with Crippen molar-refractivity contribution in [2.75, 3.05) is 0 Å². The van der Waals surface area contributed by atoms with Crippen LogP contribution < -0.4 is 24.8 Å². The van der Waals surface area contributed by atoms with Crippen molar-refractivity contribution in [3.63, 3.8) is 0 Å². The van der Waals surface area contributed by atoms with Gasteiger partial charge in [0, 0.05) is 0 Å². The summed E-state index contributed by atoms with van der Waals surface area (Å²) in [7, 11) is 0. The van der Waals surface area contributed by atoms with Crippen LogP contribution in [0.5, 0.6) is 0 Å². The Balaban J connectivity index is 0.000000239. The zero-order valence-electron chi connectivity index (χ0n) is 20.8. The average molecular weight is 583 g/mol. The molecule has 2 fully saturated rings. The summed E-state index contributed by atoms with van der Waals surface area (Å²) in [4.78, 5) is 0. The molecule has 0 saturated heterocycles. The molecule has 0 heterocycles. The Bertz CT molecular complexity index is 1080. The van der Waals surface area contributed by atoms with Crippen LogP contribution in [-0.2, 0) is 26.2 Å². The van der Waals surface area contributed by atoms with Gasteiger partial charge < -0.3 is 24.8 Å². The van der Waals surface area contributed by atoms with E-state index >= 15 is 0 Å². The third kappa shape index (κ3) is 7.28. The average Bonchev–Trinajstić information content (AvgIpc) is 3.44. The summed E-state index contributed by atoms with van der Waals surface area (Å²) in [6.45, 7) is 2.18. The van der Waals surface area contributed by atoms with E-state index in [0.717, 1.165) is 11.8 Å². The van der Waals surface area contributed by atoms with Gasteiger partial charge in [0.05, 0.1) is 0 Å². The molecule has 0 nitrogen and oxygen atoms in total. The molecule has 0 unspecified atom stereocenters. The molecule has 0 atom stereocenters. The van der Waals surface area contributed by atoms with Crippen LogP contribution in [0.1, 0.15) is 71.1 Å². The zero-order chi connectivity index (χ0) is 21.8. The van der Waals surface area contributed by atoms with E-state index in [1.54, 1.807) is 5.57 Å². The van der Waals surface area contributed by atoms with Crippen LogP contribution in [0.3, 0.4) is 0 Å². The number of benzene rings is 2. The molecule has 3 heteroatoms. The van der Waals surface area contributed by atoms with Crippen molar-refractivity contribution in [2.45, 2.75) is 71.1 Å². The first-order valence-corrected chi connectivity index (χ1v) is 12.9. The summed E-state index contributed by atoms with van der Waals surface area (Å²) in [5.41, 5.74) is 4.59. The predicted molar refractivity (Wildman–Crippen MR) is 139 cm³/mol. The summed E-state index contributed by atoms with van der Waals surface area (Å²) in [5, 5.41) is 5.39. The second kappa shape index (κ2) is 14.7. The molecule has 0 aliphatic heterocycles. The Morgan fingerprint density at radius 3 is 1.57 bits per heavy atom. The van der Waals surface area contributed by atoms with Crippen LogP contribution in [0, 0.1) is 17.9 Å². The van der Waals surface area contributed by atoms with E-state index in [1.807, 2.05) is 0 Å². The molecular formula is C32H36Cl2Zr. The van der Waals surface area contributed by atoms with Gasteiger partial charge in [0.2, 0.25) is 0 Å². The predicted octanol–water partition coefficient (Wildman–Crippen LogP) is 3.48. The van der Waals surface area contributed by atoms with E-state index < -0.39 is 0 Å². The zero-order valence-corrected chi connectivity index (χ0v) is 24.8. The smallest absolute Gasteiger partial charge is 1.00 e. The van der Waals surface area contributed by atoms with Crippen LogP contribution in [0.2, 0.25) is 0 Å². The maximum absolute atomic E-state index is 3.63. The molecule has 0 amide bonds. The Labute approximate surface area is 243 Å². The quantitative estimate of drug-likeness (QED) is 0.406. The monoisotopic (exact) mass is 580 g/mol. The number of fused-ring (bicyclic) bond motifs is 3. The molecule has 0 bridgehead atoms. The topological polar surface area (TPSA) is 0 Å². The first kappa shape index (κ1) is 30.2. The number of allylic oxidation sites excluding steroid dienone is 6. The maximum Gasteiger partial charge on any atom is 4.00 e. The SMILES string of the molecule is CC1=[C-]C(=C(C2CCCCC2)C2CCCCC2)C=C1.[Cl-].[Cl-].[Zr+4].c1ccc2c(c1)[cH-]c1ccccc12. The summed E-state index contributed by atoms with van der Waals surface area (Å²) in [6, 6.07) is 19.3. The van der Waals surface area contributed by atoms with E-state index in [-0.39, 0.29) is 51.0 Å². The first-order valence-electron chi connectivity index (χ1n) is 12.9. The standard InChI is InChI=1S/C19H27.C13H9.2ClH.Zr/c1-15-12-13-18(14-15)19(16-8-4-2-5-9-16)17-10-6-3-7-11-17;1-3-7-12-10(5-1)9-11-6-2-4-8-13(11)12;;;/h12-13,16-17H,2-11H2,1H3;1-9H;2*1H;/q2*-1;;;+4/p-2. The minimum absolute atomic E-state index is 0. The molecule has 0 N–H and O–H groups in total. The minimum Gasteiger partial charge on any atom is -1.00 e. The Morgan fingerprint density at radius 2 is 1.14 bits per heavy atom. The van der Waals surface area contributed by atoms with Crippen LogP contribution in [0.15, 0.2) is 83.5 Å². The summed E-state index contributed by atoms with van der Waals surface area (Å²) in [5.74, 6) is 1.74. The summed E-state index contributed by atoms with van der Waals surface area (Å²) in [6.07, 6.45) is 22.7. The molecule has 2 saturated carbocycles. The Morgan fingerprint density at radius 1 is 0.686 bits per heavy atom. The Kier molecular flexibility index (Phi) is 12.7. The van der Waals surface area contributed by atoms with Crippen molar-refractivity contribution in [2.24, 2.45) is 11.8 Å². The molecule has 182 valence electrons. The fourth-order valence-corrected chi connectivity index (χ4v) is 6.18. The molecule has 0 aromatic heterocycles. The largest absolute Gasteiger partial charge is 4.00 e. The number of halogens is 2. The van der Waals surface area contributed by atoms with Gasteiger partial charge >= 0.3 is 26.2 Å². The third-order valence-electron chi connectivity index (χ3n) is 7.76. The molecule has 0 radical (unpaired) electrons. The van der Waals surface area contributed by atoms with Crippen molar-refractivity contribution in [1.82, 2.24) is 0 Å². The van der Waals surface area contributed by atoms with Gasteiger partial charge in [-0.25, -0.2) is 0 Å². The molecule has 3 aliphatic carbocycles. The van der Waals surface area contributed by atoms with Gasteiger partial charge in [-0.1, -0.05) is 119 Å². The van der Waals surface area contributed by atoms with E-state index in [2.05, 4.69) is 79.7 Å². The second-order valence-corrected chi connectivity index (χ2v) is 10.00. The molecule has 3 aliphatic rings. The molecule has 6 rings (SSSR count). The maximum atomic E-state index is 3.63. The molecule has 0 spiro atoms. The van der Waals surface area contributed by atoms with E-state index in [4.69, 9.17) is 0 Å². The van der Waals surface area contributed by atoms with Crippen LogP contribution in [0.25, 0.3) is 21.5 Å². The minimum atomic E-state index is 0. The van der Waals surface area contributed by atoms with Gasteiger partial charge in [-0.2, -0.15) is 17.7 Å². The van der Waals surface area contributed by atoms with Gasteiger partial charge in [-0.15, -0.1) is 57.0 Å². The molecule has 35 heavy (non-hydrogen) atoms. The second-order valence-electron chi connectivity index (χ2n) is 10.00. The van der Waals surface area contributed by atoms with Crippen LogP contribution in [-0.4, -0.2) is 0 Å².